The zero-order valence-electron chi connectivity index (χ0n) is 16.8. The number of alkyl halides is 3. The first-order chi connectivity index (χ1) is 14.7. The van der Waals surface area contributed by atoms with Gasteiger partial charge in [0.05, 0.1) is 23.6 Å². The molecule has 0 saturated heterocycles. The summed E-state index contributed by atoms with van der Waals surface area (Å²) < 4.78 is 48.5. The number of anilines is 1. The molecule has 0 spiro atoms. The molecule has 3 rings (SSSR count). The van der Waals surface area contributed by atoms with Gasteiger partial charge >= 0.3 is 6.36 Å². The summed E-state index contributed by atoms with van der Waals surface area (Å²) >= 11 is 1.39. The zero-order valence-corrected chi connectivity index (χ0v) is 17.6. The lowest BCUT2D eigenvalue weighted by molar-refractivity contribution is -0.274. The highest BCUT2D eigenvalue weighted by Gasteiger charge is 2.31. The summed E-state index contributed by atoms with van der Waals surface area (Å²) in [5, 5.41) is 5.64. The Bertz CT molecular complexity index is 1060. The standard InChI is InChI=1S/C20H21F3N4O3S/c1-12-15(18(24)28)9-17(16-11-31-19(26-16)25-6-7-29-2)27(12)10-13-4-3-5-14(8-13)30-20(21,22)23/h3-5,8-9,11H,6-7,10H2,1-2H3,(H2,24,28)(H,25,26). The summed E-state index contributed by atoms with van der Waals surface area (Å²) in [6.45, 7) is 3.03. The Morgan fingerprint density at radius 1 is 1.32 bits per heavy atom. The molecule has 2 heterocycles. The molecule has 0 atom stereocenters. The molecule has 0 saturated carbocycles. The Balaban J connectivity index is 1.93. The molecule has 2 aromatic heterocycles. The van der Waals surface area contributed by atoms with Gasteiger partial charge in [0.15, 0.2) is 5.13 Å². The van der Waals surface area contributed by atoms with Crippen LogP contribution in [0.5, 0.6) is 5.75 Å². The predicted octanol–water partition coefficient (Wildman–Crippen LogP) is 4.02. The van der Waals surface area contributed by atoms with Crippen molar-refractivity contribution >= 4 is 22.4 Å². The minimum atomic E-state index is -4.78. The minimum absolute atomic E-state index is 0.202. The van der Waals surface area contributed by atoms with Gasteiger partial charge in [-0.05, 0) is 30.7 Å². The molecule has 166 valence electrons. The number of methoxy groups -OCH3 is 1. The number of hydrogen-bond acceptors (Lipinski definition) is 6. The highest BCUT2D eigenvalue weighted by Crippen LogP contribution is 2.30. The van der Waals surface area contributed by atoms with Crippen LogP contribution in [0.15, 0.2) is 35.7 Å². The highest BCUT2D eigenvalue weighted by atomic mass is 32.1. The van der Waals surface area contributed by atoms with Crippen molar-refractivity contribution in [3.8, 4) is 17.1 Å². The van der Waals surface area contributed by atoms with Crippen LogP contribution in [-0.2, 0) is 11.3 Å². The van der Waals surface area contributed by atoms with E-state index in [1.807, 2.05) is 5.38 Å². The number of primary amides is 1. The van der Waals surface area contributed by atoms with Crippen LogP contribution in [-0.4, -0.2) is 42.1 Å². The molecule has 0 aliphatic carbocycles. The normalized spacial score (nSPS) is 11.5. The second kappa shape index (κ2) is 9.40. The van der Waals surface area contributed by atoms with Crippen LogP contribution in [0.3, 0.4) is 0 Å². The van der Waals surface area contributed by atoms with E-state index in [4.69, 9.17) is 10.5 Å². The molecule has 3 N–H and O–H groups in total. The van der Waals surface area contributed by atoms with E-state index in [0.29, 0.717) is 46.5 Å². The smallest absolute Gasteiger partial charge is 0.406 e. The topological polar surface area (TPSA) is 91.4 Å². The molecule has 0 radical (unpaired) electrons. The van der Waals surface area contributed by atoms with Gasteiger partial charge in [0.2, 0.25) is 0 Å². The van der Waals surface area contributed by atoms with E-state index in [1.165, 1.54) is 29.5 Å². The third kappa shape index (κ3) is 5.76. The maximum Gasteiger partial charge on any atom is 0.573 e. The number of halogens is 3. The van der Waals surface area contributed by atoms with E-state index in [1.54, 1.807) is 30.7 Å². The third-order valence-electron chi connectivity index (χ3n) is 4.45. The second-order valence-corrected chi connectivity index (χ2v) is 7.49. The van der Waals surface area contributed by atoms with Gasteiger partial charge in [-0.15, -0.1) is 24.5 Å². The first kappa shape index (κ1) is 22.6. The van der Waals surface area contributed by atoms with Crippen molar-refractivity contribution in [2.45, 2.75) is 19.8 Å². The second-order valence-electron chi connectivity index (χ2n) is 6.63. The fourth-order valence-electron chi connectivity index (χ4n) is 3.07. The first-order valence-corrected chi connectivity index (χ1v) is 10.1. The van der Waals surface area contributed by atoms with Gasteiger partial charge in [-0.2, -0.15) is 0 Å². The number of hydrogen-bond donors (Lipinski definition) is 2. The number of rotatable bonds is 9. The maximum atomic E-state index is 12.6. The number of benzene rings is 1. The molecule has 1 amide bonds. The van der Waals surface area contributed by atoms with E-state index in [9.17, 15) is 18.0 Å². The van der Waals surface area contributed by atoms with Gasteiger partial charge in [0, 0.05) is 31.3 Å². The van der Waals surface area contributed by atoms with Crippen molar-refractivity contribution in [2.24, 2.45) is 5.73 Å². The molecular formula is C20H21F3N4O3S. The Morgan fingerprint density at radius 3 is 2.77 bits per heavy atom. The number of carbonyl (C=O) groups excluding carboxylic acids is 1. The average Bonchev–Trinajstić information content (AvgIpc) is 3.26. The molecule has 0 aliphatic heterocycles. The first-order valence-electron chi connectivity index (χ1n) is 9.21. The number of amides is 1. The zero-order chi connectivity index (χ0) is 22.6. The average molecular weight is 454 g/mol. The minimum Gasteiger partial charge on any atom is -0.406 e. The highest BCUT2D eigenvalue weighted by molar-refractivity contribution is 7.14. The van der Waals surface area contributed by atoms with Crippen molar-refractivity contribution in [3.63, 3.8) is 0 Å². The largest absolute Gasteiger partial charge is 0.573 e. The molecule has 3 aromatic rings. The van der Waals surface area contributed by atoms with Crippen LogP contribution in [0.1, 0.15) is 21.6 Å². The van der Waals surface area contributed by atoms with Crippen molar-refractivity contribution in [1.29, 1.82) is 0 Å². The molecular weight excluding hydrogens is 433 g/mol. The van der Waals surface area contributed by atoms with Crippen LogP contribution in [0.25, 0.3) is 11.4 Å². The summed E-state index contributed by atoms with van der Waals surface area (Å²) in [4.78, 5) is 16.4. The van der Waals surface area contributed by atoms with Gasteiger partial charge < -0.3 is 25.1 Å². The van der Waals surface area contributed by atoms with Gasteiger partial charge in [-0.25, -0.2) is 4.98 Å². The van der Waals surface area contributed by atoms with Crippen molar-refractivity contribution < 1.29 is 27.4 Å². The molecule has 0 bridgehead atoms. The predicted molar refractivity (Wildman–Crippen MR) is 111 cm³/mol. The maximum absolute atomic E-state index is 12.6. The molecule has 7 nitrogen and oxygen atoms in total. The van der Waals surface area contributed by atoms with Gasteiger partial charge in [-0.1, -0.05) is 12.1 Å². The number of thiazole rings is 1. The van der Waals surface area contributed by atoms with Crippen LogP contribution < -0.4 is 15.8 Å². The van der Waals surface area contributed by atoms with Gasteiger partial charge in [0.1, 0.15) is 5.75 Å². The molecule has 0 fully saturated rings. The lowest BCUT2D eigenvalue weighted by Gasteiger charge is -2.13. The lowest BCUT2D eigenvalue weighted by atomic mass is 10.2. The monoisotopic (exact) mass is 454 g/mol. The molecule has 31 heavy (non-hydrogen) atoms. The van der Waals surface area contributed by atoms with Crippen LogP contribution in [0.2, 0.25) is 0 Å². The Morgan fingerprint density at radius 2 is 2.10 bits per heavy atom. The van der Waals surface area contributed by atoms with E-state index in [0.717, 1.165) is 0 Å². The Hall–Kier alpha value is -3.05. The lowest BCUT2D eigenvalue weighted by Crippen LogP contribution is -2.17. The summed E-state index contributed by atoms with van der Waals surface area (Å²) in [5.41, 5.74) is 8.22. The third-order valence-corrected chi connectivity index (χ3v) is 5.25. The number of nitrogens with zero attached hydrogens (tertiary/aromatic N) is 2. The fourth-order valence-corrected chi connectivity index (χ4v) is 3.80. The Labute approximate surface area is 180 Å². The SMILES string of the molecule is COCCNc1nc(-c2cc(C(N)=O)c(C)n2Cc2cccc(OC(F)(F)F)c2)cs1. The van der Waals surface area contributed by atoms with E-state index >= 15 is 0 Å². The van der Waals surface area contributed by atoms with Gasteiger partial charge in [-0.3, -0.25) is 4.79 Å². The number of aromatic nitrogens is 2. The number of nitrogens with two attached hydrogens (primary N) is 1. The fraction of sp³-hybridized carbons (Fsp3) is 0.300. The van der Waals surface area contributed by atoms with Gasteiger partial charge in [0.25, 0.3) is 5.91 Å². The molecule has 1 aromatic carbocycles. The van der Waals surface area contributed by atoms with E-state index in [-0.39, 0.29) is 12.3 Å². The Kier molecular flexibility index (Phi) is 6.86. The van der Waals surface area contributed by atoms with Crippen LogP contribution in [0.4, 0.5) is 18.3 Å². The van der Waals surface area contributed by atoms with Crippen LogP contribution >= 0.6 is 11.3 Å². The number of nitrogens with one attached hydrogen (secondary N) is 1. The van der Waals surface area contributed by atoms with E-state index in [2.05, 4.69) is 15.0 Å². The van der Waals surface area contributed by atoms with Crippen molar-refractivity contribution in [1.82, 2.24) is 9.55 Å². The summed E-state index contributed by atoms with van der Waals surface area (Å²) in [6, 6.07) is 7.33. The molecule has 11 heteroatoms. The number of ether oxygens (including phenoxy) is 2. The van der Waals surface area contributed by atoms with Crippen LogP contribution in [0, 0.1) is 6.92 Å². The number of carbonyl (C=O) groups is 1. The molecule has 0 unspecified atom stereocenters. The van der Waals surface area contributed by atoms with Crippen molar-refractivity contribution in [3.05, 3.63) is 52.5 Å². The summed E-state index contributed by atoms with van der Waals surface area (Å²) in [5.74, 6) is -0.912. The van der Waals surface area contributed by atoms with Crippen molar-refractivity contribution in [2.75, 3.05) is 25.6 Å². The molecule has 0 aliphatic rings. The quantitative estimate of drug-likeness (QED) is 0.477. The van der Waals surface area contributed by atoms with E-state index < -0.39 is 12.3 Å². The summed E-state index contributed by atoms with van der Waals surface area (Å²) in [7, 11) is 1.60. The summed E-state index contributed by atoms with van der Waals surface area (Å²) in [6.07, 6.45) is -4.78.